The summed E-state index contributed by atoms with van der Waals surface area (Å²) in [7, 11) is 0. The number of hydrogen-bond acceptors (Lipinski definition) is 4. The third kappa shape index (κ3) is 4.31. The molecule has 1 N–H and O–H groups in total. The molecule has 0 saturated heterocycles. The number of carbonyl (C=O) groups is 2. The molecule has 1 aromatic heterocycles. The van der Waals surface area contributed by atoms with Crippen LogP contribution in [0.2, 0.25) is 4.34 Å². The molecule has 2 amide bonds. The molecule has 0 spiro atoms. The highest BCUT2D eigenvalue weighted by atomic mass is 35.5. The van der Waals surface area contributed by atoms with Gasteiger partial charge in [0.25, 0.3) is 11.8 Å². The van der Waals surface area contributed by atoms with Gasteiger partial charge in [-0.15, -0.1) is 11.3 Å². The van der Waals surface area contributed by atoms with E-state index >= 15 is 0 Å². The second-order valence-electron chi connectivity index (χ2n) is 7.84. The lowest BCUT2D eigenvalue weighted by Gasteiger charge is -2.30. The lowest BCUT2D eigenvalue weighted by Crippen LogP contribution is -2.32. The molecule has 2 atom stereocenters. The van der Waals surface area contributed by atoms with Crippen LogP contribution in [0.25, 0.3) is 0 Å². The molecule has 29 heavy (non-hydrogen) atoms. The van der Waals surface area contributed by atoms with E-state index in [9.17, 15) is 9.59 Å². The second kappa shape index (κ2) is 8.56. The smallest absolute Gasteiger partial charge is 0.265 e. The highest BCUT2D eigenvalue weighted by molar-refractivity contribution is 7.18. The molecule has 2 aromatic rings. The van der Waals surface area contributed by atoms with Gasteiger partial charge in [0, 0.05) is 19.5 Å². The average molecular weight is 428 g/mol. The van der Waals surface area contributed by atoms with Crippen LogP contribution in [0.15, 0.2) is 30.3 Å². The third-order valence-corrected chi connectivity index (χ3v) is 7.04. The van der Waals surface area contributed by atoms with Gasteiger partial charge in [-0.25, -0.2) is 0 Å². The van der Waals surface area contributed by atoms with Crippen molar-refractivity contribution in [2.75, 3.05) is 11.9 Å². The Morgan fingerprint density at radius 2 is 2.10 bits per heavy atom. The van der Waals surface area contributed by atoms with Crippen LogP contribution in [-0.2, 0) is 6.54 Å². The lowest BCUT2D eigenvalue weighted by atomic mass is 9.80. The van der Waals surface area contributed by atoms with Crippen LogP contribution >= 0.6 is 22.9 Å². The van der Waals surface area contributed by atoms with E-state index in [4.69, 9.17) is 16.9 Å². The number of rotatable bonds is 5. The molecule has 1 aliphatic carbocycles. The SMILES string of the molecule is N#CCC1CCCC(CN2Cc3cccc(NC(=O)c4ccc(Cl)s4)c3C2=O)C1. The number of carbonyl (C=O) groups excluding carboxylic acids is 2. The van der Waals surface area contributed by atoms with E-state index in [1.54, 1.807) is 18.2 Å². The van der Waals surface area contributed by atoms with E-state index in [0.29, 0.717) is 51.8 Å². The highest BCUT2D eigenvalue weighted by Crippen LogP contribution is 2.35. The van der Waals surface area contributed by atoms with Gasteiger partial charge < -0.3 is 10.2 Å². The van der Waals surface area contributed by atoms with Crippen molar-refractivity contribution in [1.29, 1.82) is 5.26 Å². The van der Waals surface area contributed by atoms with Gasteiger partial charge in [-0.2, -0.15) is 5.26 Å². The van der Waals surface area contributed by atoms with Gasteiger partial charge in [-0.3, -0.25) is 9.59 Å². The molecule has 1 fully saturated rings. The number of hydrogen-bond donors (Lipinski definition) is 1. The van der Waals surface area contributed by atoms with E-state index in [1.165, 1.54) is 11.3 Å². The van der Waals surface area contributed by atoms with Crippen LogP contribution in [0.5, 0.6) is 0 Å². The molecule has 0 bridgehead atoms. The molecule has 150 valence electrons. The predicted molar refractivity (Wildman–Crippen MR) is 114 cm³/mol. The number of nitriles is 1. The first-order valence-corrected chi connectivity index (χ1v) is 11.1. The molecule has 1 aromatic carbocycles. The third-order valence-electron chi connectivity index (χ3n) is 5.81. The van der Waals surface area contributed by atoms with Crippen molar-refractivity contribution in [3.8, 4) is 6.07 Å². The van der Waals surface area contributed by atoms with Crippen molar-refractivity contribution in [3.05, 3.63) is 50.7 Å². The van der Waals surface area contributed by atoms with E-state index in [1.807, 2.05) is 17.0 Å². The van der Waals surface area contributed by atoms with Crippen molar-refractivity contribution < 1.29 is 9.59 Å². The summed E-state index contributed by atoms with van der Waals surface area (Å²) in [6, 6.07) is 11.3. The van der Waals surface area contributed by atoms with Crippen molar-refractivity contribution in [2.24, 2.45) is 11.8 Å². The number of thiophene rings is 1. The summed E-state index contributed by atoms with van der Waals surface area (Å²) >= 11 is 7.14. The summed E-state index contributed by atoms with van der Waals surface area (Å²) in [5.41, 5.74) is 2.09. The van der Waals surface area contributed by atoms with E-state index in [0.717, 1.165) is 31.2 Å². The van der Waals surface area contributed by atoms with Crippen LogP contribution in [0.4, 0.5) is 5.69 Å². The second-order valence-corrected chi connectivity index (χ2v) is 9.56. The maximum Gasteiger partial charge on any atom is 0.265 e. The maximum atomic E-state index is 13.1. The molecule has 7 heteroatoms. The van der Waals surface area contributed by atoms with Crippen LogP contribution in [0.1, 0.15) is 57.7 Å². The number of amides is 2. The van der Waals surface area contributed by atoms with E-state index in [-0.39, 0.29) is 11.8 Å². The van der Waals surface area contributed by atoms with Crippen LogP contribution in [-0.4, -0.2) is 23.3 Å². The Balaban J connectivity index is 1.46. The van der Waals surface area contributed by atoms with Crippen molar-refractivity contribution >= 4 is 40.4 Å². The topological polar surface area (TPSA) is 73.2 Å². The number of benzene rings is 1. The Labute approximate surface area is 179 Å². The number of nitrogens with zero attached hydrogens (tertiary/aromatic N) is 2. The van der Waals surface area contributed by atoms with E-state index < -0.39 is 0 Å². The van der Waals surface area contributed by atoms with Gasteiger partial charge in [-0.1, -0.05) is 30.2 Å². The van der Waals surface area contributed by atoms with Gasteiger partial charge in [-0.05, 0) is 54.9 Å². The Bertz CT molecular complexity index is 981. The summed E-state index contributed by atoms with van der Waals surface area (Å²) in [6.45, 7) is 1.28. The number of fused-ring (bicyclic) bond motifs is 1. The molecular formula is C22H22ClN3O2S. The first-order chi connectivity index (χ1) is 14.0. The van der Waals surface area contributed by atoms with Gasteiger partial charge in [0.05, 0.1) is 26.5 Å². The predicted octanol–water partition coefficient (Wildman–Crippen LogP) is 5.33. The first kappa shape index (κ1) is 19.9. The molecule has 1 saturated carbocycles. The number of halogens is 1. The normalized spacial score (nSPS) is 21.0. The number of anilines is 1. The maximum absolute atomic E-state index is 13.1. The lowest BCUT2D eigenvalue weighted by molar-refractivity contribution is 0.0726. The van der Waals surface area contributed by atoms with Crippen molar-refractivity contribution in [2.45, 2.75) is 38.6 Å². The Morgan fingerprint density at radius 3 is 2.86 bits per heavy atom. The molecule has 4 rings (SSSR count). The Hall–Kier alpha value is -2.36. The minimum absolute atomic E-state index is 0.0254. The van der Waals surface area contributed by atoms with Gasteiger partial charge in [0.2, 0.25) is 0 Å². The minimum atomic E-state index is -0.256. The zero-order chi connectivity index (χ0) is 20.4. The summed E-state index contributed by atoms with van der Waals surface area (Å²) < 4.78 is 0.554. The number of nitrogens with one attached hydrogen (secondary N) is 1. The fourth-order valence-corrected chi connectivity index (χ4v) is 5.42. The monoisotopic (exact) mass is 427 g/mol. The summed E-state index contributed by atoms with van der Waals surface area (Å²) in [4.78, 5) is 28.0. The molecular weight excluding hydrogens is 406 g/mol. The van der Waals surface area contributed by atoms with Crippen LogP contribution in [0, 0.1) is 23.2 Å². The molecule has 2 aliphatic rings. The fourth-order valence-electron chi connectivity index (χ4n) is 4.49. The largest absolute Gasteiger partial charge is 0.334 e. The van der Waals surface area contributed by atoms with E-state index in [2.05, 4.69) is 11.4 Å². The Morgan fingerprint density at radius 1 is 1.28 bits per heavy atom. The quantitative estimate of drug-likeness (QED) is 0.700. The van der Waals surface area contributed by atoms with Gasteiger partial charge in [0.15, 0.2) is 0 Å². The Kier molecular flexibility index (Phi) is 5.89. The molecule has 5 nitrogen and oxygen atoms in total. The van der Waals surface area contributed by atoms with Gasteiger partial charge >= 0.3 is 0 Å². The summed E-state index contributed by atoms with van der Waals surface area (Å²) in [5, 5.41) is 11.9. The highest BCUT2D eigenvalue weighted by Gasteiger charge is 2.33. The fraction of sp³-hybridized carbons (Fsp3) is 0.409. The molecule has 2 unspecified atom stereocenters. The summed E-state index contributed by atoms with van der Waals surface area (Å²) in [6.07, 6.45) is 4.95. The summed E-state index contributed by atoms with van der Waals surface area (Å²) in [5.74, 6) is 0.605. The first-order valence-electron chi connectivity index (χ1n) is 9.90. The van der Waals surface area contributed by atoms with Crippen molar-refractivity contribution in [3.63, 3.8) is 0 Å². The zero-order valence-corrected chi connectivity index (χ0v) is 17.6. The zero-order valence-electron chi connectivity index (χ0n) is 16.0. The minimum Gasteiger partial charge on any atom is -0.334 e. The van der Waals surface area contributed by atoms with Crippen molar-refractivity contribution in [1.82, 2.24) is 4.90 Å². The molecule has 2 heterocycles. The average Bonchev–Trinajstić information content (AvgIpc) is 3.27. The molecule has 0 radical (unpaired) electrons. The van der Waals surface area contributed by atoms with Crippen LogP contribution < -0.4 is 5.32 Å². The molecule has 1 aliphatic heterocycles. The van der Waals surface area contributed by atoms with Crippen LogP contribution in [0.3, 0.4) is 0 Å². The van der Waals surface area contributed by atoms with Gasteiger partial charge in [0.1, 0.15) is 0 Å². The standard InChI is InChI=1S/C22H22ClN3O2S/c23-19-8-7-18(29-19)21(27)25-17-6-2-5-16-13-26(22(28)20(16)17)12-15-4-1-3-14(11-15)9-10-24/h2,5-8,14-15H,1,3-4,9,11-13H2,(H,25,27).